The summed E-state index contributed by atoms with van der Waals surface area (Å²) in [6, 6.07) is -1.16. The van der Waals surface area contributed by atoms with Gasteiger partial charge in [0, 0.05) is 0 Å². The monoisotopic (exact) mass is 1180 g/mol. The first-order valence-electron chi connectivity index (χ1n) is 36.9. The van der Waals surface area contributed by atoms with Crippen LogP contribution in [0.3, 0.4) is 0 Å². The minimum atomic E-state index is -1.66. The molecule has 0 aromatic rings. The van der Waals surface area contributed by atoms with Crippen LogP contribution >= 0.6 is 0 Å². The Morgan fingerprint density at radius 3 is 0.892 bits per heavy atom. The van der Waals surface area contributed by atoms with Crippen molar-refractivity contribution in [3.8, 4) is 0 Å². The molecule has 1 saturated heterocycles. The maximum atomic E-state index is 13.3. The number of unbranched alkanes of at least 4 members (excludes halogenated alkanes) is 54. The van der Waals surface area contributed by atoms with Crippen LogP contribution in [0.5, 0.6) is 0 Å². The highest BCUT2D eigenvalue weighted by atomic mass is 16.7. The summed E-state index contributed by atoms with van der Waals surface area (Å²) in [7, 11) is 0. The van der Waals surface area contributed by atoms with Gasteiger partial charge in [0.25, 0.3) is 0 Å². The van der Waals surface area contributed by atoms with Gasteiger partial charge in [0.1, 0.15) is 36.6 Å². The summed E-state index contributed by atoms with van der Waals surface area (Å²) in [6.45, 7) is 3.53. The van der Waals surface area contributed by atoms with Crippen LogP contribution in [0.25, 0.3) is 0 Å². The number of amides is 1. The number of carbonyl (C=O) groups excluding carboxylic acids is 1. The Hall–Kier alpha value is -0.890. The number of carbonyl (C=O) groups is 1. The molecule has 1 aliphatic rings. The molecule has 0 radical (unpaired) electrons. The van der Waals surface area contributed by atoms with E-state index in [0.717, 1.165) is 38.5 Å². The van der Waals surface area contributed by atoms with E-state index in [1.807, 2.05) is 0 Å². The van der Waals surface area contributed by atoms with Crippen molar-refractivity contribution in [3.63, 3.8) is 0 Å². The molecule has 9 unspecified atom stereocenters. The fourth-order valence-corrected chi connectivity index (χ4v) is 12.5. The highest BCUT2D eigenvalue weighted by molar-refractivity contribution is 5.80. The van der Waals surface area contributed by atoms with E-state index in [-0.39, 0.29) is 6.42 Å². The number of nitrogens with one attached hydrogen (secondary N) is 1. The Morgan fingerprint density at radius 2 is 0.627 bits per heavy atom. The van der Waals surface area contributed by atoms with E-state index in [4.69, 9.17) is 9.47 Å². The molecule has 9 atom stereocenters. The number of aliphatic hydroxyl groups excluding tert-OH is 7. The number of ether oxygens (including phenoxy) is 2. The number of hydrogen-bond donors (Lipinski definition) is 8. The van der Waals surface area contributed by atoms with Gasteiger partial charge in [-0.05, 0) is 12.8 Å². The smallest absolute Gasteiger partial charge is 0.249 e. The van der Waals surface area contributed by atoms with E-state index in [1.165, 1.54) is 308 Å². The van der Waals surface area contributed by atoms with Crippen molar-refractivity contribution in [3.05, 3.63) is 0 Å². The first-order valence-corrected chi connectivity index (χ1v) is 36.9. The summed E-state index contributed by atoms with van der Waals surface area (Å²) >= 11 is 0. The summed E-state index contributed by atoms with van der Waals surface area (Å²) in [5.41, 5.74) is 0. The minimum absolute atomic E-state index is 0.268. The second kappa shape index (κ2) is 61.4. The third-order valence-corrected chi connectivity index (χ3v) is 18.4. The molecule has 0 bridgehead atoms. The molecule has 1 fully saturated rings. The van der Waals surface area contributed by atoms with Gasteiger partial charge >= 0.3 is 0 Å². The zero-order valence-corrected chi connectivity index (χ0v) is 55.0. The molecular formula is C72H143NO10. The highest BCUT2D eigenvalue weighted by Crippen LogP contribution is 2.24. The predicted molar refractivity (Wildman–Crippen MR) is 349 cm³/mol. The zero-order chi connectivity index (χ0) is 60.3. The molecule has 11 nitrogen and oxygen atoms in total. The van der Waals surface area contributed by atoms with Gasteiger partial charge in [-0.1, -0.05) is 373 Å². The largest absolute Gasteiger partial charge is 0.394 e. The van der Waals surface area contributed by atoms with Gasteiger partial charge in [-0.15, -0.1) is 0 Å². The molecule has 83 heavy (non-hydrogen) atoms. The van der Waals surface area contributed by atoms with Crippen molar-refractivity contribution in [2.75, 3.05) is 13.2 Å². The summed E-state index contributed by atoms with van der Waals surface area (Å²) in [5, 5.41) is 76.6. The lowest BCUT2D eigenvalue weighted by molar-refractivity contribution is -0.303. The van der Waals surface area contributed by atoms with Crippen molar-refractivity contribution in [2.45, 2.75) is 441 Å². The lowest BCUT2D eigenvalue weighted by Crippen LogP contribution is -2.60. The minimum Gasteiger partial charge on any atom is -0.394 e. The first kappa shape index (κ1) is 80.1. The molecule has 8 N–H and O–H groups in total. The van der Waals surface area contributed by atoms with Gasteiger partial charge in [-0.3, -0.25) is 4.79 Å². The molecule has 11 heteroatoms. The molecule has 1 aliphatic heterocycles. The molecule has 0 aromatic heterocycles. The Kier molecular flexibility index (Phi) is 59.2. The van der Waals surface area contributed by atoms with Crippen molar-refractivity contribution >= 4 is 5.91 Å². The quantitative estimate of drug-likeness (QED) is 0.0272. The normalized spacial score (nSPS) is 18.9. The van der Waals surface area contributed by atoms with Gasteiger partial charge in [-0.25, -0.2) is 0 Å². The Balaban J connectivity index is 2.16. The third-order valence-electron chi connectivity index (χ3n) is 18.4. The van der Waals surface area contributed by atoms with E-state index < -0.39 is 74.2 Å². The van der Waals surface area contributed by atoms with Gasteiger partial charge in [0.05, 0.1) is 25.4 Å². The molecule has 0 aliphatic carbocycles. The van der Waals surface area contributed by atoms with Gasteiger partial charge < -0.3 is 50.5 Å². The van der Waals surface area contributed by atoms with Crippen LogP contribution in [0.4, 0.5) is 0 Å². The summed E-state index contributed by atoms with van der Waals surface area (Å²) in [5.74, 6) is -0.686. The summed E-state index contributed by atoms with van der Waals surface area (Å²) in [6.07, 6.45) is 63.4. The highest BCUT2D eigenvalue weighted by Gasteiger charge is 2.44. The molecule has 0 aromatic carbocycles. The average molecular weight is 1180 g/mol. The van der Waals surface area contributed by atoms with Crippen molar-refractivity contribution in [1.82, 2.24) is 5.32 Å². The maximum absolute atomic E-state index is 13.3. The van der Waals surface area contributed by atoms with Crippen LogP contribution in [0.15, 0.2) is 0 Å². The van der Waals surface area contributed by atoms with Crippen LogP contribution in [-0.4, -0.2) is 110 Å². The van der Waals surface area contributed by atoms with Gasteiger partial charge in [0.2, 0.25) is 5.91 Å². The van der Waals surface area contributed by atoms with Crippen LogP contribution in [0.1, 0.15) is 386 Å². The van der Waals surface area contributed by atoms with Gasteiger partial charge in [-0.2, -0.15) is 0 Å². The number of rotatable bonds is 66. The summed E-state index contributed by atoms with van der Waals surface area (Å²) < 4.78 is 11.2. The van der Waals surface area contributed by atoms with Gasteiger partial charge in [0.15, 0.2) is 6.29 Å². The third kappa shape index (κ3) is 48.7. The second-order valence-corrected chi connectivity index (χ2v) is 26.4. The number of aliphatic hydroxyl groups is 7. The molecule has 0 spiro atoms. The summed E-state index contributed by atoms with van der Waals surface area (Å²) in [4.78, 5) is 13.3. The first-order chi connectivity index (χ1) is 40.7. The standard InChI is InChI=1S/C72H143NO10/c1-3-5-7-9-11-13-15-17-19-21-23-25-27-29-30-31-32-33-34-36-37-39-41-43-45-47-49-51-53-55-57-59-64(75)67(77)63(62-82-72-70(80)69(79)68(78)66(61-74)83-72)73-71(81)65(76)60-58-56-54-52-50-48-46-44-42-40-38-35-28-26-24-22-20-18-16-14-12-10-8-6-4-2/h63-70,72,74-80H,3-62H2,1-2H3,(H,73,81). The second-order valence-electron chi connectivity index (χ2n) is 26.4. The maximum Gasteiger partial charge on any atom is 0.249 e. The fourth-order valence-electron chi connectivity index (χ4n) is 12.5. The molecule has 1 rings (SSSR count). The van der Waals surface area contributed by atoms with Crippen molar-refractivity contribution in [1.29, 1.82) is 0 Å². The zero-order valence-electron chi connectivity index (χ0n) is 55.0. The Bertz CT molecular complexity index is 1310. The SMILES string of the molecule is CCCCCCCCCCCCCCCCCCCCCCCCCCCCCCCCCC(O)C(O)C(COC1OC(CO)C(O)C(O)C1O)NC(=O)C(O)CCCCCCCCCCCCCCCCCCCCCCCCCCC. The van der Waals surface area contributed by atoms with Crippen LogP contribution < -0.4 is 5.32 Å². The fraction of sp³-hybridized carbons (Fsp3) is 0.986. The van der Waals surface area contributed by atoms with Crippen LogP contribution in [0, 0.1) is 0 Å². The van der Waals surface area contributed by atoms with Crippen LogP contribution in [-0.2, 0) is 14.3 Å². The molecule has 1 heterocycles. The van der Waals surface area contributed by atoms with E-state index in [1.54, 1.807) is 0 Å². The topological polar surface area (TPSA) is 189 Å². The van der Waals surface area contributed by atoms with E-state index in [0.29, 0.717) is 19.3 Å². The van der Waals surface area contributed by atoms with Crippen molar-refractivity contribution in [2.24, 2.45) is 0 Å². The number of hydrogen-bond acceptors (Lipinski definition) is 10. The van der Waals surface area contributed by atoms with E-state index >= 15 is 0 Å². The average Bonchev–Trinajstić information content (AvgIpc) is 3.68. The van der Waals surface area contributed by atoms with Crippen molar-refractivity contribution < 1.29 is 50.0 Å². The molecular weight excluding hydrogens is 1040 g/mol. The Labute approximate surface area is 513 Å². The van der Waals surface area contributed by atoms with E-state index in [9.17, 15) is 40.5 Å². The predicted octanol–water partition coefficient (Wildman–Crippen LogP) is 18.0. The molecule has 496 valence electrons. The molecule has 0 saturated carbocycles. The lowest BCUT2D eigenvalue weighted by Gasteiger charge is -2.40. The molecule has 1 amide bonds. The van der Waals surface area contributed by atoms with E-state index in [2.05, 4.69) is 19.2 Å². The lowest BCUT2D eigenvalue weighted by atomic mass is 9.98. The Morgan fingerprint density at radius 1 is 0.373 bits per heavy atom. The van der Waals surface area contributed by atoms with Crippen LogP contribution in [0.2, 0.25) is 0 Å².